The van der Waals surface area contributed by atoms with Crippen LogP contribution in [0.1, 0.15) is 39.5 Å². The third kappa shape index (κ3) is 11.2. The van der Waals surface area contributed by atoms with E-state index < -0.39 is 0 Å². The molecule has 0 aromatic heterocycles. The van der Waals surface area contributed by atoms with Crippen LogP contribution >= 0.6 is 0 Å². The van der Waals surface area contributed by atoms with Crippen molar-refractivity contribution in [3.63, 3.8) is 0 Å². The fraction of sp³-hybridized carbons (Fsp3) is 0.833. The lowest BCUT2D eigenvalue weighted by Gasteiger charge is -2.06. The molecular formula is C12H22O5. The van der Waals surface area contributed by atoms with E-state index in [1.165, 1.54) is 0 Å². The zero-order valence-corrected chi connectivity index (χ0v) is 10.7. The number of hydrogen-bond donors (Lipinski definition) is 0. The molecule has 0 unspecified atom stereocenters. The average molecular weight is 246 g/mol. The molecule has 0 atom stereocenters. The molecule has 0 rings (SSSR count). The molecule has 100 valence electrons. The first-order valence-electron chi connectivity index (χ1n) is 6.09. The molecule has 5 heteroatoms. The van der Waals surface area contributed by atoms with Gasteiger partial charge in [0, 0.05) is 12.8 Å². The quantitative estimate of drug-likeness (QED) is 0.433. The maximum atomic E-state index is 10.9. The summed E-state index contributed by atoms with van der Waals surface area (Å²) in [7, 11) is 0. The van der Waals surface area contributed by atoms with E-state index in [1.54, 1.807) is 0 Å². The van der Waals surface area contributed by atoms with Crippen molar-refractivity contribution in [3.8, 4) is 0 Å². The Hall–Kier alpha value is -1.10. The van der Waals surface area contributed by atoms with Crippen LogP contribution in [-0.2, 0) is 23.8 Å². The Morgan fingerprint density at radius 2 is 1.18 bits per heavy atom. The minimum absolute atomic E-state index is 0.203. The average Bonchev–Trinajstić information content (AvgIpc) is 2.28. The number of rotatable bonds is 10. The highest BCUT2D eigenvalue weighted by atomic mass is 16.6. The molecular weight excluding hydrogens is 224 g/mol. The van der Waals surface area contributed by atoms with E-state index in [0.29, 0.717) is 26.1 Å². The van der Waals surface area contributed by atoms with Gasteiger partial charge in [0.05, 0.1) is 13.2 Å². The number of carbonyl (C=O) groups is 2. The Labute approximate surface area is 102 Å². The molecule has 0 amide bonds. The van der Waals surface area contributed by atoms with Gasteiger partial charge in [-0.15, -0.1) is 0 Å². The van der Waals surface area contributed by atoms with E-state index >= 15 is 0 Å². The molecule has 0 aliphatic rings. The summed E-state index contributed by atoms with van der Waals surface area (Å²) in [5.41, 5.74) is 0. The minimum atomic E-state index is -0.203. The number of carbonyl (C=O) groups excluding carboxylic acids is 2. The Kier molecular flexibility index (Phi) is 10.7. The van der Waals surface area contributed by atoms with E-state index in [9.17, 15) is 9.59 Å². The first kappa shape index (κ1) is 15.9. The molecule has 0 heterocycles. The van der Waals surface area contributed by atoms with Gasteiger partial charge < -0.3 is 14.2 Å². The van der Waals surface area contributed by atoms with Crippen LogP contribution in [0.3, 0.4) is 0 Å². The highest BCUT2D eigenvalue weighted by Gasteiger charge is 2.01. The van der Waals surface area contributed by atoms with Crippen LogP contribution in [0.2, 0.25) is 0 Å². The van der Waals surface area contributed by atoms with Gasteiger partial charge in [-0.2, -0.15) is 0 Å². The smallest absolute Gasteiger partial charge is 0.305 e. The molecule has 0 aromatic rings. The lowest BCUT2D eigenvalue weighted by molar-refractivity contribution is -0.146. The Balaban J connectivity index is 3.18. The lowest BCUT2D eigenvalue weighted by Crippen LogP contribution is -2.14. The maximum Gasteiger partial charge on any atom is 0.305 e. The Morgan fingerprint density at radius 1 is 0.765 bits per heavy atom. The minimum Gasteiger partial charge on any atom is -0.463 e. The summed E-state index contributed by atoms with van der Waals surface area (Å²) in [5.74, 6) is -0.407. The molecule has 0 fully saturated rings. The van der Waals surface area contributed by atoms with E-state index in [2.05, 4.69) is 0 Å². The summed E-state index contributed by atoms with van der Waals surface area (Å²) >= 11 is 0. The predicted molar refractivity (Wildman–Crippen MR) is 62.6 cm³/mol. The highest BCUT2D eigenvalue weighted by Crippen LogP contribution is 1.92. The fourth-order valence-electron chi connectivity index (χ4n) is 1.08. The van der Waals surface area contributed by atoms with Crippen LogP contribution in [-0.4, -0.2) is 38.4 Å². The second-order valence-corrected chi connectivity index (χ2v) is 3.55. The molecule has 5 nitrogen and oxygen atoms in total. The van der Waals surface area contributed by atoms with Gasteiger partial charge >= 0.3 is 11.9 Å². The van der Waals surface area contributed by atoms with Crippen molar-refractivity contribution in [2.45, 2.75) is 39.5 Å². The molecule has 0 saturated heterocycles. The molecule has 0 radical (unpaired) electrons. The van der Waals surface area contributed by atoms with Gasteiger partial charge in [-0.05, 0) is 12.8 Å². The molecule has 0 N–H and O–H groups in total. The van der Waals surface area contributed by atoms with Crippen molar-refractivity contribution in [1.82, 2.24) is 0 Å². The summed E-state index contributed by atoms with van der Waals surface area (Å²) in [5, 5.41) is 0. The highest BCUT2D eigenvalue weighted by molar-refractivity contribution is 5.69. The first-order chi connectivity index (χ1) is 8.20. The van der Waals surface area contributed by atoms with Gasteiger partial charge in [0.2, 0.25) is 0 Å². The largest absolute Gasteiger partial charge is 0.463 e. The first-order valence-corrected chi connectivity index (χ1v) is 6.09. The van der Waals surface area contributed by atoms with Gasteiger partial charge in [-0.1, -0.05) is 13.8 Å². The van der Waals surface area contributed by atoms with Gasteiger partial charge in [0.1, 0.15) is 13.2 Å². The van der Waals surface area contributed by atoms with Crippen LogP contribution in [0.4, 0.5) is 0 Å². The second kappa shape index (κ2) is 11.4. The van der Waals surface area contributed by atoms with Crippen LogP contribution in [0.15, 0.2) is 0 Å². The standard InChI is InChI=1S/C12H22O5/c1-3-5-11(13)16-9-7-15-8-10-17-12(14)6-4-2/h3-10H2,1-2H3. The van der Waals surface area contributed by atoms with Crippen LogP contribution < -0.4 is 0 Å². The zero-order valence-electron chi connectivity index (χ0n) is 10.7. The van der Waals surface area contributed by atoms with Crippen molar-refractivity contribution >= 4 is 11.9 Å². The Bertz CT molecular complexity index is 193. The summed E-state index contributed by atoms with van der Waals surface area (Å²) < 4.78 is 14.9. The summed E-state index contributed by atoms with van der Waals surface area (Å²) in [6.45, 7) is 5.01. The van der Waals surface area contributed by atoms with E-state index in [1.807, 2.05) is 13.8 Å². The second-order valence-electron chi connectivity index (χ2n) is 3.55. The molecule has 0 bridgehead atoms. The normalized spacial score (nSPS) is 10.0. The predicted octanol–water partition coefficient (Wildman–Crippen LogP) is 1.69. The molecule has 17 heavy (non-hydrogen) atoms. The van der Waals surface area contributed by atoms with Crippen molar-refractivity contribution in [3.05, 3.63) is 0 Å². The fourth-order valence-corrected chi connectivity index (χ4v) is 1.08. The zero-order chi connectivity index (χ0) is 12.9. The van der Waals surface area contributed by atoms with Crippen LogP contribution in [0, 0.1) is 0 Å². The van der Waals surface area contributed by atoms with Gasteiger partial charge in [-0.25, -0.2) is 0 Å². The van der Waals surface area contributed by atoms with Crippen LogP contribution in [0.5, 0.6) is 0 Å². The van der Waals surface area contributed by atoms with Gasteiger partial charge in [0.15, 0.2) is 0 Å². The Morgan fingerprint density at radius 3 is 1.53 bits per heavy atom. The van der Waals surface area contributed by atoms with E-state index in [0.717, 1.165) is 12.8 Å². The van der Waals surface area contributed by atoms with Gasteiger partial charge in [0.25, 0.3) is 0 Å². The molecule has 0 aliphatic heterocycles. The number of hydrogen-bond acceptors (Lipinski definition) is 5. The van der Waals surface area contributed by atoms with Gasteiger partial charge in [-0.3, -0.25) is 9.59 Å². The van der Waals surface area contributed by atoms with Crippen molar-refractivity contribution in [1.29, 1.82) is 0 Å². The summed E-state index contributed by atoms with van der Waals surface area (Å²) in [6, 6.07) is 0. The van der Waals surface area contributed by atoms with E-state index in [-0.39, 0.29) is 25.2 Å². The van der Waals surface area contributed by atoms with Crippen molar-refractivity contribution in [2.75, 3.05) is 26.4 Å². The molecule has 0 aromatic carbocycles. The number of esters is 2. The molecule has 0 aliphatic carbocycles. The summed E-state index contributed by atoms with van der Waals surface area (Å²) in [4.78, 5) is 21.9. The lowest BCUT2D eigenvalue weighted by atomic mass is 10.3. The maximum absolute atomic E-state index is 10.9. The third-order valence-electron chi connectivity index (χ3n) is 1.89. The topological polar surface area (TPSA) is 61.8 Å². The van der Waals surface area contributed by atoms with Crippen molar-refractivity contribution < 1.29 is 23.8 Å². The SMILES string of the molecule is CCCC(=O)OCCOCCOC(=O)CCC. The van der Waals surface area contributed by atoms with E-state index in [4.69, 9.17) is 14.2 Å². The number of ether oxygens (including phenoxy) is 3. The molecule has 0 saturated carbocycles. The van der Waals surface area contributed by atoms with Crippen molar-refractivity contribution in [2.24, 2.45) is 0 Å². The molecule has 0 spiro atoms. The monoisotopic (exact) mass is 246 g/mol. The van der Waals surface area contributed by atoms with Crippen LogP contribution in [0.25, 0.3) is 0 Å². The third-order valence-corrected chi connectivity index (χ3v) is 1.89. The summed E-state index contributed by atoms with van der Waals surface area (Å²) in [6.07, 6.45) is 2.45.